The van der Waals surface area contributed by atoms with Crippen LogP contribution in [0.15, 0.2) is 29.0 Å². The summed E-state index contributed by atoms with van der Waals surface area (Å²) in [5.74, 6) is 1.33. The third-order valence-electron chi connectivity index (χ3n) is 2.81. The average molecular weight is 246 g/mol. The van der Waals surface area contributed by atoms with E-state index in [9.17, 15) is 0 Å². The third-order valence-corrected chi connectivity index (χ3v) is 2.81. The number of aromatic nitrogens is 3. The van der Waals surface area contributed by atoms with E-state index < -0.39 is 0 Å². The molecule has 0 bridgehead atoms. The van der Waals surface area contributed by atoms with Crippen LogP contribution >= 0.6 is 0 Å². The van der Waals surface area contributed by atoms with E-state index in [4.69, 9.17) is 4.52 Å². The van der Waals surface area contributed by atoms with Gasteiger partial charge in [0, 0.05) is 24.9 Å². The fourth-order valence-corrected chi connectivity index (χ4v) is 1.52. The quantitative estimate of drug-likeness (QED) is 0.844. The van der Waals surface area contributed by atoms with Crippen molar-refractivity contribution in [3.63, 3.8) is 0 Å². The minimum atomic E-state index is 0.457. The van der Waals surface area contributed by atoms with Gasteiger partial charge in [-0.15, -0.1) is 0 Å². The molecule has 0 saturated carbocycles. The molecule has 5 nitrogen and oxygen atoms in total. The van der Waals surface area contributed by atoms with Crippen LogP contribution < -0.4 is 5.32 Å². The van der Waals surface area contributed by atoms with Crippen LogP contribution in [-0.2, 0) is 13.0 Å². The highest BCUT2D eigenvalue weighted by Gasteiger charge is 2.08. The van der Waals surface area contributed by atoms with E-state index >= 15 is 0 Å². The molecule has 2 aromatic rings. The van der Waals surface area contributed by atoms with Gasteiger partial charge in [-0.05, 0) is 25.0 Å². The van der Waals surface area contributed by atoms with Crippen LogP contribution in [0.4, 0.5) is 0 Å². The van der Waals surface area contributed by atoms with E-state index in [0.717, 1.165) is 12.0 Å². The van der Waals surface area contributed by atoms with Crippen molar-refractivity contribution in [2.75, 3.05) is 0 Å². The second kappa shape index (κ2) is 6.26. The summed E-state index contributed by atoms with van der Waals surface area (Å²) in [5, 5.41) is 7.28. The van der Waals surface area contributed by atoms with Gasteiger partial charge in [-0.25, -0.2) is 0 Å². The number of nitrogens with zero attached hydrogens (tertiary/aromatic N) is 3. The normalized spacial score (nSPS) is 12.6. The molecule has 0 aliphatic heterocycles. The summed E-state index contributed by atoms with van der Waals surface area (Å²) in [6.07, 6.45) is 5.30. The van der Waals surface area contributed by atoms with Crippen LogP contribution in [0.25, 0.3) is 0 Å². The lowest BCUT2D eigenvalue weighted by Crippen LogP contribution is -2.24. The molecule has 0 aliphatic carbocycles. The zero-order valence-electron chi connectivity index (χ0n) is 10.8. The van der Waals surface area contributed by atoms with E-state index in [1.165, 1.54) is 0 Å². The van der Waals surface area contributed by atoms with E-state index in [-0.39, 0.29) is 0 Å². The molecule has 1 unspecified atom stereocenters. The highest BCUT2D eigenvalue weighted by molar-refractivity contribution is 5.13. The van der Waals surface area contributed by atoms with Crippen LogP contribution in [0, 0.1) is 0 Å². The van der Waals surface area contributed by atoms with Gasteiger partial charge in [-0.3, -0.25) is 4.98 Å². The summed E-state index contributed by atoms with van der Waals surface area (Å²) in [4.78, 5) is 8.40. The molecule has 0 fully saturated rings. The zero-order chi connectivity index (χ0) is 12.8. The summed E-state index contributed by atoms with van der Waals surface area (Å²) < 4.78 is 5.19. The third kappa shape index (κ3) is 3.63. The van der Waals surface area contributed by atoms with Crippen molar-refractivity contribution in [3.8, 4) is 0 Å². The number of rotatable bonds is 6. The van der Waals surface area contributed by atoms with Crippen LogP contribution in [0.3, 0.4) is 0 Å². The van der Waals surface area contributed by atoms with Crippen LogP contribution in [0.2, 0.25) is 0 Å². The Morgan fingerprint density at radius 2 is 2.33 bits per heavy atom. The number of hydrogen-bond acceptors (Lipinski definition) is 5. The van der Waals surface area contributed by atoms with Gasteiger partial charge in [0.15, 0.2) is 5.82 Å². The molecule has 0 amide bonds. The smallest absolute Gasteiger partial charge is 0.240 e. The maximum atomic E-state index is 5.19. The van der Waals surface area contributed by atoms with Gasteiger partial charge in [-0.1, -0.05) is 18.1 Å². The first-order valence-corrected chi connectivity index (χ1v) is 6.21. The first kappa shape index (κ1) is 12.7. The molecule has 5 heteroatoms. The lowest BCUT2D eigenvalue weighted by Gasteiger charge is -2.07. The van der Waals surface area contributed by atoms with Crippen molar-refractivity contribution >= 4 is 0 Å². The van der Waals surface area contributed by atoms with Gasteiger partial charge in [0.1, 0.15) is 0 Å². The van der Waals surface area contributed by atoms with E-state index in [0.29, 0.717) is 30.7 Å². The zero-order valence-corrected chi connectivity index (χ0v) is 10.8. The molecule has 18 heavy (non-hydrogen) atoms. The topological polar surface area (TPSA) is 63.8 Å². The van der Waals surface area contributed by atoms with Gasteiger partial charge in [-0.2, -0.15) is 4.98 Å². The van der Waals surface area contributed by atoms with Crippen molar-refractivity contribution in [3.05, 3.63) is 41.8 Å². The van der Waals surface area contributed by atoms with Crippen LogP contribution in [0.1, 0.15) is 37.5 Å². The van der Waals surface area contributed by atoms with E-state index in [1.54, 1.807) is 6.20 Å². The first-order chi connectivity index (χ1) is 8.78. The van der Waals surface area contributed by atoms with E-state index in [2.05, 4.69) is 34.3 Å². The molecule has 96 valence electrons. The predicted molar refractivity (Wildman–Crippen MR) is 67.9 cm³/mol. The van der Waals surface area contributed by atoms with Gasteiger partial charge in [0.2, 0.25) is 5.89 Å². The Labute approximate surface area is 107 Å². The minimum Gasteiger partial charge on any atom is -0.338 e. The molecule has 1 atom stereocenters. The number of pyridine rings is 1. The molecule has 2 rings (SSSR count). The minimum absolute atomic E-state index is 0.457. The van der Waals surface area contributed by atoms with Crippen LogP contribution in [0.5, 0.6) is 0 Å². The Balaban J connectivity index is 1.90. The van der Waals surface area contributed by atoms with Gasteiger partial charge in [0.05, 0.1) is 6.54 Å². The fraction of sp³-hybridized carbons (Fsp3) is 0.462. The number of hydrogen-bond donors (Lipinski definition) is 1. The fourth-order valence-electron chi connectivity index (χ4n) is 1.52. The molecule has 0 aromatic carbocycles. The summed E-state index contributed by atoms with van der Waals surface area (Å²) in [7, 11) is 0. The monoisotopic (exact) mass is 246 g/mol. The van der Waals surface area contributed by atoms with Crippen molar-refractivity contribution in [1.82, 2.24) is 20.4 Å². The SMILES string of the molecule is CCC(C)NCc1nc(Cc2cccnc2)no1. The molecule has 0 radical (unpaired) electrons. The van der Waals surface area contributed by atoms with Crippen molar-refractivity contribution < 1.29 is 4.52 Å². The van der Waals surface area contributed by atoms with Gasteiger partial charge < -0.3 is 9.84 Å². The predicted octanol–water partition coefficient (Wildman–Crippen LogP) is 1.94. The van der Waals surface area contributed by atoms with Crippen LogP contribution in [-0.4, -0.2) is 21.2 Å². The molecule has 2 heterocycles. The molecular formula is C13H18N4O. The largest absolute Gasteiger partial charge is 0.338 e. The van der Waals surface area contributed by atoms with E-state index in [1.807, 2.05) is 18.3 Å². The second-order valence-electron chi connectivity index (χ2n) is 4.33. The summed E-state index contributed by atoms with van der Waals surface area (Å²) in [6.45, 7) is 4.89. The van der Waals surface area contributed by atoms with Gasteiger partial charge >= 0.3 is 0 Å². The van der Waals surface area contributed by atoms with Gasteiger partial charge in [0.25, 0.3) is 0 Å². The molecule has 0 saturated heterocycles. The Morgan fingerprint density at radius 1 is 1.44 bits per heavy atom. The highest BCUT2D eigenvalue weighted by atomic mass is 16.5. The standard InChI is InChI=1S/C13H18N4O/c1-3-10(2)15-9-13-16-12(17-18-13)7-11-5-4-6-14-8-11/h4-6,8,10,15H,3,7,9H2,1-2H3. The Bertz CT molecular complexity index is 469. The lowest BCUT2D eigenvalue weighted by molar-refractivity contribution is 0.354. The molecular weight excluding hydrogens is 228 g/mol. The summed E-state index contributed by atoms with van der Waals surface area (Å²) in [5.41, 5.74) is 1.08. The molecule has 0 spiro atoms. The lowest BCUT2D eigenvalue weighted by atomic mass is 10.2. The van der Waals surface area contributed by atoms with Crippen molar-refractivity contribution in [2.24, 2.45) is 0 Å². The average Bonchev–Trinajstić information content (AvgIpc) is 2.85. The Hall–Kier alpha value is -1.75. The molecule has 0 aliphatic rings. The second-order valence-corrected chi connectivity index (χ2v) is 4.33. The Morgan fingerprint density at radius 3 is 3.06 bits per heavy atom. The van der Waals surface area contributed by atoms with Crippen molar-refractivity contribution in [1.29, 1.82) is 0 Å². The maximum absolute atomic E-state index is 5.19. The maximum Gasteiger partial charge on any atom is 0.240 e. The Kier molecular flexibility index (Phi) is 4.41. The summed E-state index contributed by atoms with van der Waals surface area (Å²) >= 11 is 0. The van der Waals surface area contributed by atoms with Crippen molar-refractivity contribution in [2.45, 2.75) is 39.3 Å². The molecule has 1 N–H and O–H groups in total. The highest BCUT2D eigenvalue weighted by Crippen LogP contribution is 2.05. The first-order valence-electron chi connectivity index (χ1n) is 6.21. The summed E-state index contributed by atoms with van der Waals surface area (Å²) in [6, 6.07) is 4.36. The molecule has 2 aromatic heterocycles. The number of nitrogens with one attached hydrogen (secondary N) is 1.